The Balaban J connectivity index is 2.08. The number of anilines is 2. The summed E-state index contributed by atoms with van der Waals surface area (Å²) in [4.78, 5) is 6.18. The van der Waals surface area contributed by atoms with Gasteiger partial charge in [0.15, 0.2) is 0 Å². The molecular formula is C14H21N5. The van der Waals surface area contributed by atoms with Crippen LogP contribution in [0.5, 0.6) is 0 Å². The Labute approximate surface area is 114 Å². The molecule has 0 amide bonds. The van der Waals surface area contributed by atoms with Crippen LogP contribution in [0.15, 0.2) is 24.5 Å². The number of rotatable bonds is 5. The fourth-order valence-corrected chi connectivity index (χ4v) is 2.25. The zero-order valence-electron chi connectivity index (χ0n) is 11.8. The summed E-state index contributed by atoms with van der Waals surface area (Å²) in [6.45, 7) is 2.97. The van der Waals surface area contributed by atoms with Gasteiger partial charge in [-0.1, -0.05) is 6.92 Å². The van der Waals surface area contributed by atoms with E-state index in [1.165, 1.54) is 5.56 Å². The van der Waals surface area contributed by atoms with Gasteiger partial charge in [-0.05, 0) is 30.5 Å². The van der Waals surface area contributed by atoms with Crippen molar-refractivity contribution in [1.29, 1.82) is 0 Å². The molecule has 0 radical (unpaired) electrons. The fourth-order valence-electron chi connectivity index (χ4n) is 2.25. The number of aromatic nitrogens is 3. The molecule has 102 valence electrons. The summed E-state index contributed by atoms with van der Waals surface area (Å²) in [5.74, 6) is 0.992. The Morgan fingerprint density at radius 3 is 2.58 bits per heavy atom. The third-order valence-corrected chi connectivity index (χ3v) is 3.31. The van der Waals surface area contributed by atoms with E-state index in [2.05, 4.69) is 21.9 Å². The average Bonchev–Trinajstić information content (AvgIpc) is 2.72. The summed E-state index contributed by atoms with van der Waals surface area (Å²) in [6.07, 6.45) is 5.47. The van der Waals surface area contributed by atoms with E-state index in [1.54, 1.807) is 0 Å². The van der Waals surface area contributed by atoms with Crippen molar-refractivity contribution in [2.24, 2.45) is 7.05 Å². The standard InChI is InChI=1S/C14H21N5/c1-4-12-13(15)14(19(3)17-12)18(2)10-7-11-5-8-16-9-6-11/h5-6,8-9H,4,7,10,15H2,1-3H3. The summed E-state index contributed by atoms with van der Waals surface area (Å²) in [7, 11) is 3.99. The van der Waals surface area contributed by atoms with Crippen molar-refractivity contribution in [2.45, 2.75) is 19.8 Å². The van der Waals surface area contributed by atoms with E-state index < -0.39 is 0 Å². The third-order valence-electron chi connectivity index (χ3n) is 3.31. The smallest absolute Gasteiger partial charge is 0.150 e. The van der Waals surface area contributed by atoms with Crippen LogP contribution in [0.25, 0.3) is 0 Å². The number of nitrogens with two attached hydrogens (primary N) is 1. The molecule has 0 aromatic carbocycles. The van der Waals surface area contributed by atoms with Gasteiger partial charge in [-0.2, -0.15) is 5.10 Å². The molecule has 2 N–H and O–H groups in total. The highest BCUT2D eigenvalue weighted by molar-refractivity contribution is 5.66. The van der Waals surface area contributed by atoms with Gasteiger partial charge in [0, 0.05) is 33.0 Å². The summed E-state index contributed by atoms with van der Waals surface area (Å²) < 4.78 is 1.86. The van der Waals surface area contributed by atoms with Crippen molar-refractivity contribution in [3.8, 4) is 0 Å². The Morgan fingerprint density at radius 2 is 2.00 bits per heavy atom. The van der Waals surface area contributed by atoms with Gasteiger partial charge >= 0.3 is 0 Å². The van der Waals surface area contributed by atoms with E-state index in [0.717, 1.165) is 36.6 Å². The van der Waals surface area contributed by atoms with E-state index in [9.17, 15) is 0 Å². The molecule has 0 fully saturated rings. The van der Waals surface area contributed by atoms with Crippen LogP contribution in [0.3, 0.4) is 0 Å². The molecule has 0 spiro atoms. The normalized spacial score (nSPS) is 10.7. The second-order valence-electron chi connectivity index (χ2n) is 4.69. The van der Waals surface area contributed by atoms with Gasteiger partial charge in [0.25, 0.3) is 0 Å². The molecule has 0 bridgehead atoms. The Morgan fingerprint density at radius 1 is 1.32 bits per heavy atom. The lowest BCUT2D eigenvalue weighted by Crippen LogP contribution is -2.23. The molecule has 0 aliphatic heterocycles. The van der Waals surface area contributed by atoms with Crippen LogP contribution in [-0.2, 0) is 19.9 Å². The second kappa shape index (κ2) is 5.73. The van der Waals surface area contributed by atoms with Crippen molar-refractivity contribution < 1.29 is 0 Å². The monoisotopic (exact) mass is 259 g/mol. The summed E-state index contributed by atoms with van der Waals surface area (Å²) in [6, 6.07) is 4.08. The second-order valence-corrected chi connectivity index (χ2v) is 4.69. The van der Waals surface area contributed by atoms with Crippen molar-refractivity contribution in [1.82, 2.24) is 14.8 Å². The minimum absolute atomic E-state index is 0.794. The van der Waals surface area contributed by atoms with Crippen LogP contribution in [0.4, 0.5) is 11.5 Å². The predicted molar refractivity (Wildman–Crippen MR) is 78.2 cm³/mol. The number of aryl methyl sites for hydroxylation is 2. The first-order valence-electron chi connectivity index (χ1n) is 6.54. The van der Waals surface area contributed by atoms with Crippen molar-refractivity contribution in [3.05, 3.63) is 35.8 Å². The SMILES string of the molecule is CCc1nn(C)c(N(C)CCc2ccncc2)c1N. The first-order chi connectivity index (χ1) is 9.13. The van der Waals surface area contributed by atoms with Gasteiger partial charge in [-0.3, -0.25) is 9.67 Å². The fraction of sp³-hybridized carbons (Fsp3) is 0.429. The minimum atomic E-state index is 0.794. The van der Waals surface area contributed by atoms with Gasteiger partial charge in [-0.15, -0.1) is 0 Å². The zero-order valence-corrected chi connectivity index (χ0v) is 11.8. The molecule has 2 rings (SSSR count). The third kappa shape index (κ3) is 2.86. The number of nitrogen functional groups attached to an aromatic ring is 1. The first-order valence-corrected chi connectivity index (χ1v) is 6.54. The molecule has 0 saturated carbocycles. The van der Waals surface area contributed by atoms with Gasteiger partial charge in [0.05, 0.1) is 11.4 Å². The molecule has 2 aromatic rings. The van der Waals surface area contributed by atoms with Gasteiger partial charge in [0.2, 0.25) is 0 Å². The number of hydrogen-bond acceptors (Lipinski definition) is 4. The van der Waals surface area contributed by atoms with Crippen molar-refractivity contribution >= 4 is 11.5 Å². The van der Waals surface area contributed by atoms with Crippen LogP contribution in [0, 0.1) is 0 Å². The molecule has 0 saturated heterocycles. The van der Waals surface area contributed by atoms with E-state index >= 15 is 0 Å². The quantitative estimate of drug-likeness (QED) is 0.886. The van der Waals surface area contributed by atoms with Crippen LogP contribution in [-0.4, -0.2) is 28.4 Å². The molecule has 0 aliphatic carbocycles. The van der Waals surface area contributed by atoms with E-state index in [4.69, 9.17) is 5.73 Å². The summed E-state index contributed by atoms with van der Waals surface area (Å²) in [5.41, 5.74) is 9.19. The molecule has 2 heterocycles. The van der Waals surface area contributed by atoms with Crippen LogP contribution in [0.1, 0.15) is 18.2 Å². The number of likely N-dealkylation sites (N-methyl/N-ethyl adjacent to an activating group) is 1. The highest BCUT2D eigenvalue weighted by Crippen LogP contribution is 2.25. The van der Waals surface area contributed by atoms with Crippen LogP contribution in [0.2, 0.25) is 0 Å². The highest BCUT2D eigenvalue weighted by atomic mass is 15.4. The molecule has 5 heteroatoms. The van der Waals surface area contributed by atoms with E-state index in [0.29, 0.717) is 0 Å². The maximum Gasteiger partial charge on any atom is 0.150 e. The summed E-state index contributed by atoms with van der Waals surface area (Å²) in [5, 5.41) is 4.44. The maximum absolute atomic E-state index is 6.15. The predicted octanol–water partition coefficient (Wildman–Crippen LogP) is 1.64. The molecule has 0 unspecified atom stereocenters. The van der Waals surface area contributed by atoms with E-state index in [-0.39, 0.29) is 0 Å². The lowest BCUT2D eigenvalue weighted by Gasteiger charge is -2.19. The van der Waals surface area contributed by atoms with Gasteiger partial charge < -0.3 is 10.6 Å². The average molecular weight is 259 g/mol. The topological polar surface area (TPSA) is 60.0 Å². The molecule has 2 aromatic heterocycles. The molecule has 5 nitrogen and oxygen atoms in total. The molecule has 0 aliphatic rings. The largest absolute Gasteiger partial charge is 0.394 e. The number of hydrogen-bond donors (Lipinski definition) is 1. The summed E-state index contributed by atoms with van der Waals surface area (Å²) >= 11 is 0. The van der Waals surface area contributed by atoms with Gasteiger partial charge in [0.1, 0.15) is 5.82 Å². The van der Waals surface area contributed by atoms with Gasteiger partial charge in [-0.25, -0.2) is 0 Å². The Bertz CT molecular complexity index is 532. The minimum Gasteiger partial charge on any atom is -0.394 e. The van der Waals surface area contributed by atoms with Crippen LogP contribution < -0.4 is 10.6 Å². The Kier molecular flexibility index (Phi) is 4.04. The Hall–Kier alpha value is -2.04. The van der Waals surface area contributed by atoms with E-state index in [1.807, 2.05) is 43.3 Å². The lowest BCUT2D eigenvalue weighted by molar-refractivity contribution is 0.718. The highest BCUT2D eigenvalue weighted by Gasteiger charge is 2.15. The molecular weight excluding hydrogens is 238 g/mol. The maximum atomic E-state index is 6.15. The molecule has 0 atom stereocenters. The number of nitrogens with zero attached hydrogens (tertiary/aromatic N) is 4. The first kappa shape index (κ1) is 13.4. The zero-order chi connectivity index (χ0) is 13.8. The lowest BCUT2D eigenvalue weighted by atomic mass is 10.2. The van der Waals surface area contributed by atoms with Crippen LogP contribution >= 0.6 is 0 Å². The molecule has 19 heavy (non-hydrogen) atoms. The van der Waals surface area contributed by atoms with Crippen molar-refractivity contribution in [3.63, 3.8) is 0 Å². The van der Waals surface area contributed by atoms with Crippen molar-refractivity contribution in [2.75, 3.05) is 24.2 Å². The number of pyridine rings is 1.